The smallest absolute Gasteiger partial charge is 0.222 e. The summed E-state index contributed by atoms with van der Waals surface area (Å²) in [5, 5.41) is 9.66. The topological polar surface area (TPSA) is 68.8 Å². The molecule has 0 atom stereocenters. The molecule has 0 radical (unpaired) electrons. The van der Waals surface area contributed by atoms with Gasteiger partial charge in [0.05, 0.1) is 0 Å². The molecule has 6 nitrogen and oxygen atoms in total. The molecule has 0 bridgehead atoms. The monoisotopic (exact) mass is 437 g/mol. The van der Waals surface area contributed by atoms with Crippen LogP contribution in [-0.4, -0.2) is 62.1 Å². The van der Waals surface area contributed by atoms with Crippen molar-refractivity contribution in [1.29, 1.82) is 0 Å². The van der Waals surface area contributed by atoms with Crippen LogP contribution in [0.5, 0.6) is 0 Å². The Labute approximate surface area is 157 Å². The number of amides is 1. The molecule has 1 heterocycles. The number of nitrogens with zero attached hydrogens (tertiary/aromatic N) is 2. The number of guanidine groups is 1. The molecule has 1 amide bonds. The Morgan fingerprint density at radius 1 is 1.13 bits per heavy atom. The Balaban J connectivity index is 0.00000264. The van der Waals surface area contributed by atoms with Gasteiger partial charge in [-0.25, -0.2) is 0 Å². The Kier molecular flexibility index (Phi) is 9.19. The van der Waals surface area contributed by atoms with Crippen LogP contribution in [0, 0.1) is 5.92 Å². The highest BCUT2D eigenvalue weighted by atomic mass is 127. The third-order valence-electron chi connectivity index (χ3n) is 4.40. The summed E-state index contributed by atoms with van der Waals surface area (Å²) < 4.78 is 0. The first-order valence-electron chi connectivity index (χ1n) is 8.59. The van der Waals surface area contributed by atoms with Gasteiger partial charge in [0.1, 0.15) is 0 Å². The van der Waals surface area contributed by atoms with E-state index in [4.69, 9.17) is 0 Å². The fourth-order valence-electron chi connectivity index (χ4n) is 2.81. The summed E-state index contributed by atoms with van der Waals surface area (Å²) in [6, 6.07) is 1.38. The summed E-state index contributed by atoms with van der Waals surface area (Å²) in [5.41, 5.74) is 0. The van der Waals surface area contributed by atoms with Crippen molar-refractivity contribution in [2.24, 2.45) is 10.9 Å². The first-order chi connectivity index (χ1) is 10.6. The number of rotatable bonds is 6. The van der Waals surface area contributed by atoms with Gasteiger partial charge in [-0.1, -0.05) is 13.8 Å². The molecule has 3 N–H and O–H groups in total. The van der Waals surface area contributed by atoms with Crippen LogP contribution in [0.4, 0.5) is 0 Å². The number of piperidine rings is 1. The molecule has 1 saturated heterocycles. The highest BCUT2D eigenvalue weighted by molar-refractivity contribution is 14.0. The fourth-order valence-corrected chi connectivity index (χ4v) is 2.81. The minimum atomic E-state index is 0. The first kappa shape index (κ1) is 20.5. The molecule has 23 heavy (non-hydrogen) atoms. The highest BCUT2D eigenvalue weighted by Crippen LogP contribution is 2.29. The van der Waals surface area contributed by atoms with E-state index in [0.29, 0.717) is 19.1 Å². The number of carbonyl (C=O) groups excluding carboxylic acids is 1. The molecule has 2 aliphatic rings. The molecule has 0 aromatic rings. The molecular weight excluding hydrogens is 405 g/mol. The number of carbonyl (C=O) groups is 1. The van der Waals surface area contributed by atoms with Gasteiger partial charge in [0, 0.05) is 51.2 Å². The minimum absolute atomic E-state index is 0. The molecule has 0 aromatic carbocycles. The predicted molar refractivity (Wildman–Crippen MR) is 105 cm³/mol. The van der Waals surface area contributed by atoms with E-state index >= 15 is 0 Å². The van der Waals surface area contributed by atoms with Crippen LogP contribution >= 0.6 is 24.0 Å². The van der Waals surface area contributed by atoms with Crippen molar-refractivity contribution in [3.63, 3.8) is 0 Å². The Morgan fingerprint density at radius 2 is 1.74 bits per heavy atom. The van der Waals surface area contributed by atoms with E-state index in [1.165, 1.54) is 38.8 Å². The maximum absolute atomic E-state index is 11.5. The van der Waals surface area contributed by atoms with Gasteiger partial charge in [0.25, 0.3) is 0 Å². The summed E-state index contributed by atoms with van der Waals surface area (Å²) in [6.07, 6.45) is 5.15. The Morgan fingerprint density at radius 3 is 2.26 bits per heavy atom. The second kappa shape index (κ2) is 10.3. The van der Waals surface area contributed by atoms with Crippen LogP contribution in [0.2, 0.25) is 0 Å². The largest absolute Gasteiger partial charge is 0.355 e. The maximum atomic E-state index is 11.5. The van der Waals surface area contributed by atoms with E-state index in [0.717, 1.165) is 12.0 Å². The van der Waals surface area contributed by atoms with E-state index in [1.54, 1.807) is 7.05 Å². The summed E-state index contributed by atoms with van der Waals surface area (Å²) in [7, 11) is 1.79. The van der Waals surface area contributed by atoms with Crippen molar-refractivity contribution in [2.75, 3.05) is 33.2 Å². The molecule has 2 fully saturated rings. The molecule has 1 aliphatic carbocycles. The lowest BCUT2D eigenvalue weighted by Gasteiger charge is -2.33. The van der Waals surface area contributed by atoms with Gasteiger partial charge in [-0.2, -0.15) is 0 Å². The average molecular weight is 437 g/mol. The predicted octanol–water partition coefficient (Wildman–Crippen LogP) is 1.17. The van der Waals surface area contributed by atoms with Crippen molar-refractivity contribution in [3.05, 3.63) is 0 Å². The molecule has 7 heteroatoms. The lowest BCUT2D eigenvalue weighted by molar-refractivity contribution is -0.123. The van der Waals surface area contributed by atoms with Crippen molar-refractivity contribution in [1.82, 2.24) is 20.9 Å². The van der Waals surface area contributed by atoms with E-state index in [-0.39, 0.29) is 35.8 Å². The first-order valence-corrected chi connectivity index (χ1v) is 8.59. The molecular formula is C16H32IN5O. The molecule has 0 unspecified atom stereocenters. The lowest BCUT2D eigenvalue weighted by Crippen LogP contribution is -2.50. The normalized spacial score (nSPS) is 20.1. The fraction of sp³-hybridized carbons (Fsp3) is 0.875. The molecule has 1 saturated carbocycles. The molecule has 0 spiro atoms. The van der Waals surface area contributed by atoms with Gasteiger partial charge in [0.15, 0.2) is 5.96 Å². The quantitative estimate of drug-likeness (QED) is 0.253. The Bertz CT molecular complexity index is 390. The summed E-state index contributed by atoms with van der Waals surface area (Å²) in [4.78, 5) is 18.4. The van der Waals surface area contributed by atoms with Crippen molar-refractivity contribution in [3.8, 4) is 0 Å². The minimum Gasteiger partial charge on any atom is -0.355 e. The van der Waals surface area contributed by atoms with Gasteiger partial charge in [-0.3, -0.25) is 9.79 Å². The van der Waals surface area contributed by atoms with Crippen LogP contribution in [0.1, 0.15) is 39.5 Å². The third-order valence-corrected chi connectivity index (χ3v) is 4.40. The maximum Gasteiger partial charge on any atom is 0.222 e. The SMILES string of the molecule is CN=C(NCCNC(=O)C(C)C)NC1CCN(C2CC2)CC1.I. The van der Waals surface area contributed by atoms with E-state index in [1.807, 2.05) is 13.8 Å². The van der Waals surface area contributed by atoms with E-state index < -0.39 is 0 Å². The van der Waals surface area contributed by atoms with Crippen LogP contribution in [-0.2, 0) is 4.79 Å². The molecule has 2 rings (SSSR count). The van der Waals surface area contributed by atoms with Crippen LogP contribution < -0.4 is 16.0 Å². The summed E-state index contributed by atoms with van der Waals surface area (Å²) >= 11 is 0. The van der Waals surface area contributed by atoms with Gasteiger partial charge in [-0.05, 0) is 25.7 Å². The number of aliphatic imine (C=N–C) groups is 1. The van der Waals surface area contributed by atoms with E-state index in [9.17, 15) is 4.79 Å². The average Bonchev–Trinajstić information content (AvgIpc) is 3.35. The van der Waals surface area contributed by atoms with Gasteiger partial charge >= 0.3 is 0 Å². The van der Waals surface area contributed by atoms with Crippen molar-refractivity contribution < 1.29 is 4.79 Å². The standard InChI is InChI=1S/C16H31N5O.HI/c1-12(2)15(22)18-8-9-19-16(17-3)20-13-6-10-21(11-7-13)14-4-5-14;/h12-14H,4-11H2,1-3H3,(H,18,22)(H2,17,19,20);1H. The van der Waals surface area contributed by atoms with Crippen LogP contribution in [0.25, 0.3) is 0 Å². The number of likely N-dealkylation sites (tertiary alicyclic amines) is 1. The summed E-state index contributed by atoms with van der Waals surface area (Å²) in [6.45, 7) is 7.51. The highest BCUT2D eigenvalue weighted by Gasteiger charge is 2.31. The number of hydrogen-bond acceptors (Lipinski definition) is 3. The van der Waals surface area contributed by atoms with Gasteiger partial charge < -0.3 is 20.9 Å². The molecule has 134 valence electrons. The zero-order valence-electron chi connectivity index (χ0n) is 14.6. The summed E-state index contributed by atoms with van der Waals surface area (Å²) in [5.74, 6) is 0.968. The van der Waals surface area contributed by atoms with Crippen LogP contribution in [0.15, 0.2) is 4.99 Å². The zero-order valence-corrected chi connectivity index (χ0v) is 16.9. The lowest BCUT2D eigenvalue weighted by atomic mass is 10.1. The van der Waals surface area contributed by atoms with Gasteiger partial charge in [-0.15, -0.1) is 24.0 Å². The molecule has 1 aliphatic heterocycles. The second-order valence-corrected chi connectivity index (χ2v) is 6.63. The Hall–Kier alpha value is -0.570. The zero-order chi connectivity index (χ0) is 15.9. The number of nitrogens with one attached hydrogen (secondary N) is 3. The van der Waals surface area contributed by atoms with Crippen molar-refractivity contribution >= 4 is 35.8 Å². The van der Waals surface area contributed by atoms with Crippen molar-refractivity contribution in [2.45, 2.75) is 51.6 Å². The van der Waals surface area contributed by atoms with Gasteiger partial charge in [0.2, 0.25) is 5.91 Å². The molecule has 0 aromatic heterocycles. The second-order valence-electron chi connectivity index (χ2n) is 6.63. The number of halogens is 1. The van der Waals surface area contributed by atoms with Crippen LogP contribution in [0.3, 0.4) is 0 Å². The van der Waals surface area contributed by atoms with E-state index in [2.05, 4.69) is 25.8 Å². The number of hydrogen-bond donors (Lipinski definition) is 3. The third kappa shape index (κ3) is 7.24.